The van der Waals surface area contributed by atoms with Gasteiger partial charge in [-0.3, -0.25) is 9.69 Å². The number of amides is 1. The molecule has 2 aliphatic rings. The van der Waals surface area contributed by atoms with Gasteiger partial charge < -0.3 is 9.47 Å². The van der Waals surface area contributed by atoms with Crippen molar-refractivity contribution in [3.8, 4) is 5.75 Å². The lowest BCUT2D eigenvalue weighted by atomic mass is 10.2. The van der Waals surface area contributed by atoms with Crippen molar-refractivity contribution in [3.63, 3.8) is 0 Å². The molecule has 2 saturated heterocycles. The van der Waals surface area contributed by atoms with Gasteiger partial charge in [0.15, 0.2) is 5.17 Å². The van der Waals surface area contributed by atoms with Crippen molar-refractivity contribution in [3.05, 3.63) is 60.2 Å². The molecule has 2 fully saturated rings. The molecule has 5 nitrogen and oxygen atoms in total. The molecule has 2 aromatic carbocycles. The van der Waals surface area contributed by atoms with E-state index in [9.17, 15) is 4.79 Å². The van der Waals surface area contributed by atoms with Crippen molar-refractivity contribution >= 4 is 28.5 Å². The Morgan fingerprint density at radius 2 is 1.96 bits per heavy atom. The molecule has 6 heteroatoms. The lowest BCUT2D eigenvalue weighted by molar-refractivity contribution is 0.0679. The van der Waals surface area contributed by atoms with Gasteiger partial charge in [0.25, 0.3) is 5.91 Å². The highest BCUT2D eigenvalue weighted by Crippen LogP contribution is 2.24. The fraction of sp³-hybridized carbons (Fsp3) is 0.364. The van der Waals surface area contributed by atoms with Gasteiger partial charge >= 0.3 is 0 Å². The van der Waals surface area contributed by atoms with Crippen molar-refractivity contribution in [1.29, 1.82) is 0 Å². The average Bonchev–Trinajstić information content (AvgIpc) is 3.27. The van der Waals surface area contributed by atoms with Crippen molar-refractivity contribution in [1.82, 2.24) is 4.90 Å². The predicted octanol–water partition coefficient (Wildman–Crippen LogP) is 4.51. The number of carbonyl (C=O) groups is 1. The number of ether oxygens (including phenoxy) is 2. The Kier molecular flexibility index (Phi) is 6.29. The number of aliphatic imine (C=N–C) groups is 1. The molecule has 0 bridgehead atoms. The summed E-state index contributed by atoms with van der Waals surface area (Å²) in [6.07, 6.45) is 3.30. The van der Waals surface area contributed by atoms with Crippen LogP contribution in [0.15, 0.2) is 59.6 Å². The molecule has 0 unspecified atom stereocenters. The molecule has 1 atom stereocenters. The van der Waals surface area contributed by atoms with Gasteiger partial charge in [-0.05, 0) is 55.7 Å². The Morgan fingerprint density at radius 3 is 2.71 bits per heavy atom. The minimum atomic E-state index is -0.0208. The van der Waals surface area contributed by atoms with Crippen LogP contribution in [-0.2, 0) is 4.74 Å². The Balaban J connectivity index is 1.43. The second-order valence-corrected chi connectivity index (χ2v) is 7.92. The van der Waals surface area contributed by atoms with Crippen LogP contribution in [0.1, 0.15) is 29.6 Å². The molecule has 2 aliphatic heterocycles. The topological polar surface area (TPSA) is 51.1 Å². The smallest absolute Gasteiger partial charge is 0.259 e. The van der Waals surface area contributed by atoms with Crippen LogP contribution in [-0.4, -0.2) is 47.6 Å². The summed E-state index contributed by atoms with van der Waals surface area (Å²) >= 11 is 1.63. The van der Waals surface area contributed by atoms with Crippen LogP contribution < -0.4 is 4.74 Å². The van der Waals surface area contributed by atoms with E-state index in [-0.39, 0.29) is 12.0 Å². The summed E-state index contributed by atoms with van der Waals surface area (Å²) in [6, 6.07) is 17.1. The maximum absolute atomic E-state index is 13.0. The van der Waals surface area contributed by atoms with Gasteiger partial charge in [-0.25, -0.2) is 4.99 Å². The molecule has 0 N–H and O–H groups in total. The van der Waals surface area contributed by atoms with Crippen LogP contribution in [0, 0.1) is 0 Å². The molecule has 0 aliphatic carbocycles. The first-order chi connectivity index (χ1) is 13.8. The van der Waals surface area contributed by atoms with Crippen molar-refractivity contribution in [2.24, 2.45) is 4.99 Å². The minimum absolute atomic E-state index is 0.0208. The molecule has 0 spiro atoms. The van der Waals surface area contributed by atoms with Crippen molar-refractivity contribution in [2.45, 2.75) is 25.4 Å². The van der Waals surface area contributed by atoms with Crippen LogP contribution in [0.25, 0.3) is 0 Å². The number of thioether (sulfide) groups is 1. The third kappa shape index (κ3) is 4.75. The summed E-state index contributed by atoms with van der Waals surface area (Å²) in [5, 5.41) is 0.765. The molecule has 2 heterocycles. The van der Waals surface area contributed by atoms with Crippen LogP contribution in [0.4, 0.5) is 5.69 Å². The zero-order valence-corrected chi connectivity index (χ0v) is 16.6. The van der Waals surface area contributed by atoms with E-state index in [4.69, 9.17) is 9.47 Å². The second-order valence-electron chi connectivity index (χ2n) is 6.86. The predicted molar refractivity (Wildman–Crippen MR) is 113 cm³/mol. The van der Waals surface area contributed by atoms with Gasteiger partial charge in [-0.1, -0.05) is 30.0 Å². The number of rotatable bonds is 5. The number of hydrogen-bond acceptors (Lipinski definition) is 5. The minimum Gasteiger partial charge on any atom is -0.491 e. The summed E-state index contributed by atoms with van der Waals surface area (Å²) < 4.78 is 11.4. The molecule has 1 amide bonds. The Hall–Kier alpha value is -2.31. The highest BCUT2D eigenvalue weighted by molar-refractivity contribution is 8.13. The zero-order valence-electron chi connectivity index (χ0n) is 15.8. The Labute approximate surface area is 169 Å². The highest BCUT2D eigenvalue weighted by atomic mass is 32.2. The molecule has 0 aromatic heterocycles. The van der Waals surface area contributed by atoms with Crippen LogP contribution >= 0.6 is 11.8 Å². The van der Waals surface area contributed by atoms with E-state index in [2.05, 4.69) is 4.99 Å². The zero-order chi connectivity index (χ0) is 19.2. The lowest BCUT2D eigenvalue weighted by Crippen LogP contribution is -2.39. The van der Waals surface area contributed by atoms with E-state index in [1.54, 1.807) is 16.7 Å². The fourth-order valence-electron chi connectivity index (χ4n) is 3.27. The van der Waals surface area contributed by atoms with Gasteiger partial charge in [0.2, 0.25) is 0 Å². The molecular formula is C22H24N2O3S. The Morgan fingerprint density at radius 1 is 1.14 bits per heavy atom. The van der Waals surface area contributed by atoms with E-state index >= 15 is 0 Å². The third-order valence-electron chi connectivity index (χ3n) is 4.78. The number of carbonyl (C=O) groups excluding carboxylic acids is 1. The molecular weight excluding hydrogens is 372 g/mol. The van der Waals surface area contributed by atoms with Crippen LogP contribution in [0.2, 0.25) is 0 Å². The van der Waals surface area contributed by atoms with Crippen molar-refractivity contribution < 1.29 is 14.3 Å². The van der Waals surface area contributed by atoms with Gasteiger partial charge in [0.1, 0.15) is 12.4 Å². The van der Waals surface area contributed by atoms with E-state index in [0.29, 0.717) is 18.7 Å². The van der Waals surface area contributed by atoms with Crippen LogP contribution in [0.5, 0.6) is 5.75 Å². The quantitative estimate of drug-likeness (QED) is 0.746. The van der Waals surface area contributed by atoms with Gasteiger partial charge in [0.05, 0.1) is 11.8 Å². The number of hydrogen-bond donors (Lipinski definition) is 0. The van der Waals surface area contributed by atoms with E-state index in [1.807, 2.05) is 54.6 Å². The second kappa shape index (κ2) is 9.26. The normalized spacial score (nSPS) is 21.1. The summed E-state index contributed by atoms with van der Waals surface area (Å²) in [7, 11) is 0. The fourth-order valence-corrected chi connectivity index (χ4v) is 4.22. The molecule has 2 aromatic rings. The number of nitrogens with zero attached hydrogens (tertiary/aromatic N) is 2. The van der Waals surface area contributed by atoms with Gasteiger partial charge in [0, 0.05) is 24.5 Å². The summed E-state index contributed by atoms with van der Waals surface area (Å²) in [6.45, 7) is 2.07. The number of amidine groups is 1. The van der Waals surface area contributed by atoms with Crippen LogP contribution in [0.3, 0.4) is 0 Å². The Bertz CT molecular complexity index is 817. The van der Waals surface area contributed by atoms with E-state index in [0.717, 1.165) is 48.2 Å². The molecule has 0 radical (unpaired) electrons. The number of benzene rings is 2. The van der Waals surface area contributed by atoms with Gasteiger partial charge in [-0.15, -0.1) is 0 Å². The first kappa shape index (κ1) is 19.0. The maximum Gasteiger partial charge on any atom is 0.259 e. The average molecular weight is 397 g/mol. The molecule has 146 valence electrons. The molecule has 4 rings (SSSR count). The monoisotopic (exact) mass is 396 g/mol. The third-order valence-corrected chi connectivity index (χ3v) is 5.84. The first-order valence-corrected chi connectivity index (χ1v) is 10.7. The SMILES string of the molecule is O=C(c1ccc(OC[C@H]2CCCO2)cc1)N1CCCSC1=Nc1ccccc1. The summed E-state index contributed by atoms with van der Waals surface area (Å²) in [4.78, 5) is 19.5. The maximum atomic E-state index is 13.0. The van der Waals surface area contributed by atoms with E-state index in [1.165, 1.54) is 0 Å². The molecule has 0 saturated carbocycles. The summed E-state index contributed by atoms with van der Waals surface area (Å²) in [5.74, 6) is 1.72. The van der Waals surface area contributed by atoms with E-state index < -0.39 is 0 Å². The summed E-state index contributed by atoms with van der Waals surface area (Å²) in [5.41, 5.74) is 1.51. The largest absolute Gasteiger partial charge is 0.491 e. The van der Waals surface area contributed by atoms with Crippen molar-refractivity contribution in [2.75, 3.05) is 25.5 Å². The molecule has 28 heavy (non-hydrogen) atoms. The number of para-hydroxylation sites is 1. The van der Waals surface area contributed by atoms with Gasteiger partial charge in [-0.2, -0.15) is 0 Å². The lowest BCUT2D eigenvalue weighted by Gasteiger charge is -2.27. The first-order valence-electron chi connectivity index (χ1n) is 9.72. The highest BCUT2D eigenvalue weighted by Gasteiger charge is 2.25. The standard InChI is InChI=1S/C22H24N2O3S/c25-21(17-9-11-19(12-10-17)27-16-20-8-4-14-26-20)24-13-5-15-28-22(24)23-18-6-2-1-3-7-18/h1-3,6-7,9-12,20H,4-5,8,13-16H2/t20-/m1/s1.